The summed E-state index contributed by atoms with van der Waals surface area (Å²) >= 11 is 5.60. The molecule has 0 saturated carbocycles. The third kappa shape index (κ3) is 4.73. The fraction of sp³-hybridized carbons (Fsp3) is 0.273. The first kappa shape index (κ1) is 22.4. The lowest BCUT2D eigenvalue weighted by molar-refractivity contribution is -0.385. The lowest BCUT2D eigenvalue weighted by Gasteiger charge is -2.37. The zero-order valence-electron chi connectivity index (χ0n) is 17.5. The van der Waals surface area contributed by atoms with Gasteiger partial charge >= 0.3 is 5.97 Å². The Morgan fingerprint density at radius 1 is 1.19 bits per heavy atom. The van der Waals surface area contributed by atoms with E-state index in [4.69, 9.17) is 21.7 Å². The van der Waals surface area contributed by atoms with Crippen LogP contribution in [0.5, 0.6) is 0 Å². The predicted molar refractivity (Wildman–Crippen MR) is 121 cm³/mol. The van der Waals surface area contributed by atoms with E-state index in [1.807, 2.05) is 31.2 Å². The standard InChI is InChI=1S/C22H23N3O5S/c1-14-7-6-8-16(13-14)24-15(2)19(21(26)30-12-11-29-3)20(23-22(24)31)17-9-4-5-10-18(17)25(27)28/h4-10,13,20H,11-12H2,1-3H3,(H,23,31). The number of para-hydroxylation sites is 1. The lowest BCUT2D eigenvalue weighted by atomic mass is 9.93. The largest absolute Gasteiger partial charge is 0.460 e. The number of hydrogen-bond acceptors (Lipinski definition) is 6. The van der Waals surface area contributed by atoms with Crippen LogP contribution in [0, 0.1) is 17.0 Å². The van der Waals surface area contributed by atoms with E-state index in [-0.39, 0.29) is 24.5 Å². The molecule has 0 amide bonds. The molecule has 1 aliphatic rings. The number of nitrogens with one attached hydrogen (secondary N) is 1. The van der Waals surface area contributed by atoms with E-state index < -0.39 is 16.9 Å². The molecular weight excluding hydrogens is 418 g/mol. The van der Waals surface area contributed by atoms with Gasteiger partial charge in [0.15, 0.2) is 5.11 Å². The second-order valence-electron chi connectivity index (χ2n) is 7.00. The number of ether oxygens (including phenoxy) is 2. The van der Waals surface area contributed by atoms with Crippen molar-refractivity contribution in [1.29, 1.82) is 0 Å². The van der Waals surface area contributed by atoms with Crippen LogP contribution in [0.3, 0.4) is 0 Å². The van der Waals surface area contributed by atoms with Gasteiger partial charge in [-0.15, -0.1) is 0 Å². The molecule has 1 atom stereocenters. The predicted octanol–water partition coefficient (Wildman–Crippen LogP) is 3.80. The molecule has 9 heteroatoms. The molecule has 0 aromatic heterocycles. The topological polar surface area (TPSA) is 93.9 Å². The van der Waals surface area contributed by atoms with Crippen LogP contribution < -0.4 is 10.2 Å². The smallest absolute Gasteiger partial charge is 0.338 e. The highest BCUT2D eigenvalue weighted by Gasteiger charge is 2.38. The van der Waals surface area contributed by atoms with Crippen LogP contribution in [0.4, 0.5) is 11.4 Å². The molecule has 1 N–H and O–H groups in total. The molecule has 1 aliphatic heterocycles. The van der Waals surface area contributed by atoms with Crippen LogP contribution in [0.2, 0.25) is 0 Å². The van der Waals surface area contributed by atoms with Gasteiger partial charge in [-0.2, -0.15) is 0 Å². The molecule has 3 rings (SSSR count). The summed E-state index contributed by atoms with van der Waals surface area (Å²) in [6.45, 7) is 4.01. The molecule has 31 heavy (non-hydrogen) atoms. The van der Waals surface area contributed by atoms with Gasteiger partial charge < -0.3 is 14.8 Å². The second-order valence-corrected chi connectivity index (χ2v) is 7.39. The lowest BCUT2D eigenvalue weighted by Crippen LogP contribution is -2.48. The van der Waals surface area contributed by atoms with Gasteiger partial charge in [0.2, 0.25) is 0 Å². The Kier molecular flexibility index (Phi) is 6.98. The van der Waals surface area contributed by atoms with Gasteiger partial charge in [0.1, 0.15) is 6.61 Å². The van der Waals surface area contributed by atoms with E-state index in [1.54, 1.807) is 30.0 Å². The quantitative estimate of drug-likeness (QED) is 0.228. The highest BCUT2D eigenvalue weighted by Crippen LogP contribution is 2.37. The number of nitro benzene ring substituents is 1. The van der Waals surface area contributed by atoms with Gasteiger partial charge in [0.05, 0.1) is 28.7 Å². The summed E-state index contributed by atoms with van der Waals surface area (Å²) in [6, 6.07) is 13.1. The van der Waals surface area contributed by atoms with E-state index in [9.17, 15) is 14.9 Å². The van der Waals surface area contributed by atoms with Gasteiger partial charge in [0, 0.05) is 24.6 Å². The minimum absolute atomic E-state index is 0.0601. The number of aryl methyl sites for hydroxylation is 1. The molecule has 0 saturated heterocycles. The number of methoxy groups -OCH3 is 1. The number of nitro groups is 1. The molecule has 0 spiro atoms. The molecule has 0 aliphatic carbocycles. The first-order valence-electron chi connectivity index (χ1n) is 9.62. The summed E-state index contributed by atoms with van der Waals surface area (Å²) in [4.78, 5) is 26.0. The van der Waals surface area contributed by atoms with Gasteiger partial charge in [-0.3, -0.25) is 15.0 Å². The minimum Gasteiger partial charge on any atom is -0.460 e. The van der Waals surface area contributed by atoms with Crippen molar-refractivity contribution >= 4 is 34.7 Å². The van der Waals surface area contributed by atoms with Crippen molar-refractivity contribution in [3.63, 3.8) is 0 Å². The highest BCUT2D eigenvalue weighted by molar-refractivity contribution is 7.80. The number of nitrogens with zero attached hydrogens (tertiary/aromatic N) is 2. The normalized spacial score (nSPS) is 16.2. The monoisotopic (exact) mass is 441 g/mol. The number of rotatable bonds is 7. The van der Waals surface area contributed by atoms with Crippen LogP contribution in [0.25, 0.3) is 0 Å². The SMILES string of the molecule is COCCOC(=O)C1=C(C)N(c2cccc(C)c2)C(=S)NC1c1ccccc1[N+](=O)[O-]. The first-order valence-corrected chi connectivity index (χ1v) is 10.0. The van der Waals surface area contributed by atoms with Gasteiger partial charge in [0.25, 0.3) is 5.69 Å². The number of benzene rings is 2. The van der Waals surface area contributed by atoms with E-state index in [2.05, 4.69) is 5.32 Å². The Morgan fingerprint density at radius 3 is 2.61 bits per heavy atom. The third-order valence-corrected chi connectivity index (χ3v) is 5.23. The van der Waals surface area contributed by atoms with E-state index in [0.717, 1.165) is 11.3 Å². The maximum Gasteiger partial charge on any atom is 0.338 e. The zero-order valence-corrected chi connectivity index (χ0v) is 18.3. The summed E-state index contributed by atoms with van der Waals surface area (Å²) < 4.78 is 10.3. The molecule has 2 aromatic rings. The summed E-state index contributed by atoms with van der Waals surface area (Å²) in [5, 5.41) is 15.1. The Hall–Kier alpha value is -3.30. The van der Waals surface area contributed by atoms with Crippen molar-refractivity contribution in [2.24, 2.45) is 0 Å². The number of carbonyl (C=O) groups excluding carboxylic acids is 1. The Bertz CT molecular complexity index is 1050. The van der Waals surface area contributed by atoms with E-state index in [0.29, 0.717) is 16.4 Å². The Balaban J connectivity index is 2.14. The van der Waals surface area contributed by atoms with Crippen molar-refractivity contribution in [2.75, 3.05) is 25.2 Å². The average Bonchev–Trinajstić information content (AvgIpc) is 2.73. The summed E-state index contributed by atoms with van der Waals surface area (Å²) in [5.41, 5.74) is 2.82. The number of esters is 1. The number of hydrogen-bond donors (Lipinski definition) is 1. The highest BCUT2D eigenvalue weighted by atomic mass is 32.1. The zero-order chi connectivity index (χ0) is 22.5. The molecule has 1 unspecified atom stereocenters. The molecule has 1 heterocycles. The number of carbonyl (C=O) groups is 1. The van der Waals surface area contributed by atoms with Crippen LogP contribution >= 0.6 is 12.2 Å². The van der Waals surface area contributed by atoms with E-state index >= 15 is 0 Å². The van der Waals surface area contributed by atoms with Crippen molar-refractivity contribution in [3.05, 3.63) is 81.0 Å². The molecule has 162 valence electrons. The molecule has 0 bridgehead atoms. The maximum atomic E-state index is 13.1. The maximum absolute atomic E-state index is 13.1. The van der Waals surface area contributed by atoms with E-state index in [1.165, 1.54) is 13.2 Å². The fourth-order valence-corrected chi connectivity index (χ4v) is 3.87. The van der Waals surface area contributed by atoms with Gasteiger partial charge in [-0.25, -0.2) is 4.79 Å². The van der Waals surface area contributed by atoms with Gasteiger partial charge in [-0.05, 0) is 49.8 Å². The van der Waals surface area contributed by atoms with Crippen LogP contribution in [0.1, 0.15) is 24.1 Å². The van der Waals surface area contributed by atoms with Crippen molar-refractivity contribution < 1.29 is 19.2 Å². The third-order valence-electron chi connectivity index (χ3n) is 4.93. The molecule has 0 radical (unpaired) electrons. The summed E-state index contributed by atoms with van der Waals surface area (Å²) in [5.74, 6) is -0.592. The minimum atomic E-state index is -0.829. The van der Waals surface area contributed by atoms with Crippen LogP contribution in [-0.2, 0) is 14.3 Å². The average molecular weight is 442 g/mol. The van der Waals surface area contributed by atoms with Gasteiger partial charge in [-0.1, -0.05) is 24.3 Å². The molecule has 0 fully saturated rings. The number of allylic oxidation sites excluding steroid dienone is 1. The van der Waals surface area contributed by atoms with Crippen LogP contribution in [-0.4, -0.2) is 36.3 Å². The molecule has 8 nitrogen and oxygen atoms in total. The van der Waals surface area contributed by atoms with Crippen LogP contribution in [0.15, 0.2) is 59.8 Å². The molecule has 2 aromatic carbocycles. The van der Waals surface area contributed by atoms with Crippen molar-refractivity contribution in [2.45, 2.75) is 19.9 Å². The second kappa shape index (κ2) is 9.67. The first-order chi connectivity index (χ1) is 14.8. The Morgan fingerprint density at radius 2 is 1.94 bits per heavy atom. The number of thiocarbonyl (C=S) groups is 1. The number of anilines is 1. The summed E-state index contributed by atoms with van der Waals surface area (Å²) in [6.07, 6.45) is 0. The van der Waals surface area contributed by atoms with Crippen molar-refractivity contribution in [3.8, 4) is 0 Å². The fourth-order valence-electron chi connectivity index (χ4n) is 3.51. The molecular formula is C22H23N3O5S. The van der Waals surface area contributed by atoms with Crippen molar-refractivity contribution in [1.82, 2.24) is 5.32 Å². The Labute approximate surface area is 185 Å². The summed E-state index contributed by atoms with van der Waals surface area (Å²) in [7, 11) is 1.51.